The van der Waals surface area contributed by atoms with Gasteiger partial charge in [-0.2, -0.15) is 0 Å². The van der Waals surface area contributed by atoms with Gasteiger partial charge >= 0.3 is 12.1 Å². The van der Waals surface area contributed by atoms with Gasteiger partial charge in [0.15, 0.2) is 6.61 Å². The van der Waals surface area contributed by atoms with Crippen LogP contribution in [0.1, 0.15) is 59.1 Å². The van der Waals surface area contributed by atoms with Gasteiger partial charge in [-0.1, -0.05) is 6.42 Å². The third-order valence-corrected chi connectivity index (χ3v) is 6.39. The van der Waals surface area contributed by atoms with Crippen molar-refractivity contribution in [3.05, 3.63) is 21.4 Å². The van der Waals surface area contributed by atoms with Gasteiger partial charge in [0.2, 0.25) is 0 Å². The number of esters is 1. The number of hydrogen-bond donors (Lipinski definition) is 1. The zero-order valence-corrected chi connectivity index (χ0v) is 17.1. The number of likely N-dealkylation sites (tertiary alicyclic amines) is 1. The molecule has 28 heavy (non-hydrogen) atoms. The Kier molecular flexibility index (Phi) is 7.30. The second kappa shape index (κ2) is 9.91. The number of ether oxygens (including phenoxy) is 2. The lowest BCUT2D eigenvalue weighted by Crippen LogP contribution is -2.47. The molecule has 0 unspecified atom stereocenters. The van der Waals surface area contributed by atoms with Crippen LogP contribution in [0.3, 0.4) is 0 Å². The van der Waals surface area contributed by atoms with Gasteiger partial charge in [-0.3, -0.25) is 4.79 Å². The molecule has 0 bridgehead atoms. The largest absolute Gasteiger partial charge is 0.451 e. The molecule has 1 saturated heterocycles. The third-order valence-electron chi connectivity index (χ3n) is 5.17. The van der Waals surface area contributed by atoms with Crippen molar-refractivity contribution in [3.8, 4) is 0 Å². The zero-order valence-electron chi connectivity index (χ0n) is 16.3. The number of hydrogen-bond acceptors (Lipinski definition) is 6. The average molecular weight is 409 g/mol. The molecule has 1 aliphatic heterocycles. The maximum absolute atomic E-state index is 12.3. The van der Waals surface area contributed by atoms with Crippen molar-refractivity contribution >= 4 is 29.3 Å². The second-order valence-corrected chi connectivity index (χ2v) is 8.36. The second-order valence-electron chi connectivity index (χ2n) is 7.22. The highest BCUT2D eigenvalue weighted by Crippen LogP contribution is 2.29. The number of carbonyl (C=O) groups is 3. The molecule has 0 spiro atoms. The molecule has 2 heterocycles. The van der Waals surface area contributed by atoms with Crippen molar-refractivity contribution < 1.29 is 23.9 Å². The Morgan fingerprint density at radius 3 is 2.64 bits per heavy atom. The predicted molar refractivity (Wildman–Crippen MR) is 106 cm³/mol. The summed E-state index contributed by atoms with van der Waals surface area (Å²) in [6.07, 6.45) is 6.62. The Labute approximate surface area is 169 Å². The van der Waals surface area contributed by atoms with E-state index in [1.54, 1.807) is 11.8 Å². The number of nitrogens with one attached hydrogen (secondary N) is 1. The highest BCUT2D eigenvalue weighted by molar-refractivity contribution is 7.14. The molecule has 0 radical (unpaired) electrons. The van der Waals surface area contributed by atoms with Crippen LogP contribution in [0, 0.1) is 0 Å². The van der Waals surface area contributed by atoms with Gasteiger partial charge in [-0.25, -0.2) is 9.59 Å². The number of fused-ring (bicyclic) bond motifs is 1. The maximum Gasteiger partial charge on any atom is 0.409 e. The fourth-order valence-corrected chi connectivity index (χ4v) is 4.81. The summed E-state index contributed by atoms with van der Waals surface area (Å²) in [6, 6.07) is 1.91. The van der Waals surface area contributed by atoms with Gasteiger partial charge in [0, 0.05) is 24.0 Å². The number of piperidine rings is 1. The lowest BCUT2D eigenvalue weighted by molar-refractivity contribution is -0.125. The summed E-state index contributed by atoms with van der Waals surface area (Å²) < 4.78 is 10.2. The molecule has 2 aliphatic rings. The molecule has 0 saturated carbocycles. The quantitative estimate of drug-likeness (QED) is 0.598. The van der Waals surface area contributed by atoms with E-state index < -0.39 is 5.97 Å². The topological polar surface area (TPSA) is 84.9 Å². The number of amides is 2. The van der Waals surface area contributed by atoms with Crippen LogP contribution in [-0.4, -0.2) is 55.2 Å². The molecule has 1 aromatic rings. The first kappa shape index (κ1) is 20.6. The summed E-state index contributed by atoms with van der Waals surface area (Å²) in [6.45, 7) is 2.95. The molecular formula is C20H28N2O5S. The van der Waals surface area contributed by atoms with Crippen molar-refractivity contribution in [1.82, 2.24) is 10.2 Å². The van der Waals surface area contributed by atoms with Gasteiger partial charge in [0.25, 0.3) is 5.91 Å². The highest BCUT2D eigenvalue weighted by atomic mass is 32.1. The fraction of sp³-hybridized carbons (Fsp3) is 0.650. The summed E-state index contributed by atoms with van der Waals surface area (Å²) in [5, 5.41) is 2.88. The first-order valence-corrected chi connectivity index (χ1v) is 10.9. The van der Waals surface area contributed by atoms with Crippen LogP contribution in [0.2, 0.25) is 0 Å². The fourth-order valence-electron chi connectivity index (χ4n) is 3.66. The van der Waals surface area contributed by atoms with Crippen LogP contribution in [0.15, 0.2) is 6.07 Å². The molecule has 1 aromatic heterocycles. The third kappa shape index (κ3) is 5.47. The smallest absolute Gasteiger partial charge is 0.409 e. The monoisotopic (exact) mass is 408 g/mol. The van der Waals surface area contributed by atoms with E-state index in [2.05, 4.69) is 5.32 Å². The number of nitrogens with zero attached hydrogens (tertiary/aromatic N) is 1. The lowest BCUT2D eigenvalue weighted by atomic mass is 10.1. The van der Waals surface area contributed by atoms with Gasteiger partial charge in [-0.15, -0.1) is 11.3 Å². The van der Waals surface area contributed by atoms with E-state index >= 15 is 0 Å². The van der Waals surface area contributed by atoms with Crippen LogP contribution >= 0.6 is 11.3 Å². The number of aryl methyl sites for hydroxylation is 2. The Morgan fingerprint density at radius 1 is 1.14 bits per heavy atom. The molecule has 2 amide bonds. The zero-order chi connectivity index (χ0) is 19.9. The van der Waals surface area contributed by atoms with E-state index in [9.17, 15) is 14.4 Å². The lowest BCUT2D eigenvalue weighted by Gasteiger charge is -2.31. The summed E-state index contributed by atoms with van der Waals surface area (Å²) in [7, 11) is 0. The normalized spacial score (nSPS) is 17.4. The molecule has 3 rings (SSSR count). The van der Waals surface area contributed by atoms with Crippen molar-refractivity contribution in [1.29, 1.82) is 0 Å². The van der Waals surface area contributed by atoms with Crippen molar-refractivity contribution in [3.63, 3.8) is 0 Å². The van der Waals surface area contributed by atoms with Crippen LogP contribution in [-0.2, 0) is 27.1 Å². The first-order chi connectivity index (χ1) is 13.6. The molecule has 154 valence electrons. The number of rotatable bonds is 5. The van der Waals surface area contributed by atoms with E-state index in [1.807, 2.05) is 6.07 Å². The van der Waals surface area contributed by atoms with Gasteiger partial charge in [-0.05, 0) is 57.1 Å². The van der Waals surface area contributed by atoms with Gasteiger partial charge < -0.3 is 19.7 Å². The van der Waals surface area contributed by atoms with E-state index in [1.165, 1.54) is 34.6 Å². The Bertz CT molecular complexity index is 686. The van der Waals surface area contributed by atoms with Crippen molar-refractivity contribution in [2.24, 2.45) is 0 Å². The highest BCUT2D eigenvalue weighted by Gasteiger charge is 2.25. The first-order valence-electron chi connectivity index (χ1n) is 10.1. The maximum atomic E-state index is 12.3. The number of carbonyl (C=O) groups excluding carboxylic acids is 3. The van der Waals surface area contributed by atoms with Crippen molar-refractivity contribution in [2.75, 3.05) is 26.3 Å². The average Bonchev–Trinajstić information content (AvgIpc) is 2.97. The molecule has 1 fully saturated rings. The SMILES string of the molecule is CCOC(=O)N1CCC(NC(=O)COC(=O)c2cc3c(s2)CCCCC3)CC1. The van der Waals surface area contributed by atoms with Crippen LogP contribution in [0.4, 0.5) is 4.79 Å². The van der Waals surface area contributed by atoms with Gasteiger partial charge in [0.1, 0.15) is 4.88 Å². The standard InChI is InChI=1S/C20H28N2O5S/c1-2-26-20(25)22-10-8-15(9-11-22)21-18(23)13-27-19(24)17-12-14-6-4-3-5-7-16(14)28-17/h12,15H,2-11,13H2,1H3,(H,21,23). The minimum absolute atomic E-state index is 0.0188. The van der Waals surface area contributed by atoms with E-state index in [-0.39, 0.29) is 24.6 Å². The summed E-state index contributed by atoms with van der Waals surface area (Å²) in [5.41, 5.74) is 1.26. The molecule has 8 heteroatoms. The molecule has 0 aromatic carbocycles. The summed E-state index contributed by atoms with van der Waals surface area (Å²) in [5.74, 6) is -0.730. The van der Waals surface area contributed by atoms with E-state index in [0.29, 0.717) is 37.4 Å². The Hall–Kier alpha value is -2.09. The summed E-state index contributed by atoms with van der Waals surface area (Å²) >= 11 is 1.50. The molecule has 1 aliphatic carbocycles. The molecule has 0 atom stereocenters. The summed E-state index contributed by atoms with van der Waals surface area (Å²) in [4.78, 5) is 39.6. The number of thiophene rings is 1. The van der Waals surface area contributed by atoms with E-state index in [0.717, 1.165) is 19.3 Å². The van der Waals surface area contributed by atoms with Crippen LogP contribution in [0.5, 0.6) is 0 Å². The predicted octanol–water partition coefficient (Wildman–Crippen LogP) is 2.91. The van der Waals surface area contributed by atoms with E-state index in [4.69, 9.17) is 9.47 Å². The van der Waals surface area contributed by atoms with Crippen LogP contribution < -0.4 is 5.32 Å². The Balaban J connectivity index is 1.40. The minimum Gasteiger partial charge on any atom is -0.451 e. The minimum atomic E-state index is -0.426. The molecule has 1 N–H and O–H groups in total. The van der Waals surface area contributed by atoms with Crippen LogP contribution in [0.25, 0.3) is 0 Å². The van der Waals surface area contributed by atoms with Crippen molar-refractivity contribution in [2.45, 2.75) is 57.9 Å². The van der Waals surface area contributed by atoms with Gasteiger partial charge in [0.05, 0.1) is 6.61 Å². The molecule has 7 nitrogen and oxygen atoms in total. The Morgan fingerprint density at radius 2 is 1.89 bits per heavy atom. The molecular weight excluding hydrogens is 380 g/mol.